The molecule has 1 nitrogen and oxygen atoms in total. The third-order valence-electron chi connectivity index (χ3n) is 3.08. The smallest absolute Gasteiger partial charge is 0.0655 e. The van der Waals surface area contributed by atoms with Gasteiger partial charge in [0.2, 0.25) is 0 Å². The van der Waals surface area contributed by atoms with Crippen molar-refractivity contribution in [2.24, 2.45) is 17.3 Å². The molecule has 2 atom stereocenters. The SMILES string of the molecule is CC(C)(C)C1CCCC(C#N)C1. The van der Waals surface area contributed by atoms with Crippen LogP contribution in [0.15, 0.2) is 0 Å². The van der Waals surface area contributed by atoms with Gasteiger partial charge in [0.15, 0.2) is 0 Å². The summed E-state index contributed by atoms with van der Waals surface area (Å²) in [4.78, 5) is 0. The van der Waals surface area contributed by atoms with Crippen molar-refractivity contribution in [2.75, 3.05) is 0 Å². The van der Waals surface area contributed by atoms with Crippen LogP contribution < -0.4 is 0 Å². The van der Waals surface area contributed by atoms with E-state index in [9.17, 15) is 0 Å². The molecule has 2 unspecified atom stereocenters. The maximum Gasteiger partial charge on any atom is 0.0655 e. The van der Waals surface area contributed by atoms with E-state index in [1.54, 1.807) is 0 Å². The van der Waals surface area contributed by atoms with E-state index in [0.29, 0.717) is 11.3 Å². The largest absolute Gasteiger partial charge is 0.198 e. The van der Waals surface area contributed by atoms with Crippen molar-refractivity contribution in [3.8, 4) is 6.07 Å². The summed E-state index contributed by atoms with van der Waals surface area (Å²) >= 11 is 0. The standard InChI is InChI=1S/C11H19N/c1-11(2,3)10-6-4-5-9(7-10)8-12/h9-10H,4-7H2,1-3H3. The molecular weight excluding hydrogens is 146 g/mol. The first kappa shape index (κ1) is 9.58. The van der Waals surface area contributed by atoms with Gasteiger partial charge in [-0.15, -0.1) is 0 Å². The molecule has 0 aromatic rings. The fourth-order valence-corrected chi connectivity index (χ4v) is 2.09. The monoisotopic (exact) mass is 165 g/mol. The molecule has 0 aliphatic heterocycles. The predicted molar refractivity (Wildman–Crippen MR) is 50.5 cm³/mol. The van der Waals surface area contributed by atoms with Gasteiger partial charge in [-0.3, -0.25) is 0 Å². The number of nitriles is 1. The molecule has 0 aromatic carbocycles. The average molecular weight is 165 g/mol. The van der Waals surface area contributed by atoms with Crippen molar-refractivity contribution >= 4 is 0 Å². The lowest BCUT2D eigenvalue weighted by Gasteiger charge is -2.35. The molecule has 0 amide bonds. The molecule has 1 saturated carbocycles. The van der Waals surface area contributed by atoms with Crippen LogP contribution in [0.25, 0.3) is 0 Å². The molecule has 1 aliphatic carbocycles. The molecular formula is C11H19N. The van der Waals surface area contributed by atoms with E-state index < -0.39 is 0 Å². The van der Waals surface area contributed by atoms with Crippen molar-refractivity contribution in [1.29, 1.82) is 5.26 Å². The zero-order valence-electron chi connectivity index (χ0n) is 8.43. The Morgan fingerprint density at radius 3 is 2.42 bits per heavy atom. The topological polar surface area (TPSA) is 23.8 Å². The number of rotatable bonds is 0. The maximum absolute atomic E-state index is 8.82. The van der Waals surface area contributed by atoms with E-state index in [1.807, 2.05) is 0 Å². The summed E-state index contributed by atoms with van der Waals surface area (Å²) in [7, 11) is 0. The van der Waals surface area contributed by atoms with Gasteiger partial charge >= 0.3 is 0 Å². The third-order valence-corrected chi connectivity index (χ3v) is 3.08. The van der Waals surface area contributed by atoms with E-state index in [2.05, 4.69) is 26.8 Å². The molecule has 0 spiro atoms. The van der Waals surface area contributed by atoms with E-state index in [-0.39, 0.29) is 0 Å². The summed E-state index contributed by atoms with van der Waals surface area (Å²) in [6.07, 6.45) is 4.82. The van der Waals surface area contributed by atoms with Gasteiger partial charge in [0.25, 0.3) is 0 Å². The minimum atomic E-state index is 0.336. The van der Waals surface area contributed by atoms with Crippen LogP contribution >= 0.6 is 0 Å². The Hall–Kier alpha value is -0.510. The molecule has 1 aliphatic rings. The van der Waals surface area contributed by atoms with Crippen LogP contribution in [0.1, 0.15) is 46.5 Å². The first-order valence-electron chi connectivity index (χ1n) is 4.93. The molecule has 0 bridgehead atoms. The van der Waals surface area contributed by atoms with Gasteiger partial charge in [0, 0.05) is 5.92 Å². The second-order valence-corrected chi connectivity index (χ2v) is 5.06. The highest BCUT2D eigenvalue weighted by atomic mass is 14.4. The summed E-state index contributed by atoms with van der Waals surface area (Å²) in [5, 5.41) is 8.82. The Balaban J connectivity index is 2.53. The van der Waals surface area contributed by atoms with Crippen LogP contribution in [0.3, 0.4) is 0 Å². The molecule has 0 heterocycles. The Kier molecular flexibility index (Phi) is 2.77. The lowest BCUT2D eigenvalue weighted by Crippen LogP contribution is -2.26. The van der Waals surface area contributed by atoms with Gasteiger partial charge in [-0.1, -0.05) is 27.2 Å². The van der Waals surface area contributed by atoms with Gasteiger partial charge in [0.1, 0.15) is 0 Å². The van der Waals surface area contributed by atoms with E-state index in [0.717, 1.165) is 18.8 Å². The first-order chi connectivity index (χ1) is 5.54. The first-order valence-corrected chi connectivity index (χ1v) is 4.93. The molecule has 12 heavy (non-hydrogen) atoms. The number of hydrogen-bond acceptors (Lipinski definition) is 1. The normalized spacial score (nSPS) is 31.2. The summed E-state index contributed by atoms with van der Waals surface area (Å²) in [5.41, 5.74) is 0.398. The zero-order valence-corrected chi connectivity index (χ0v) is 8.43. The van der Waals surface area contributed by atoms with Crippen molar-refractivity contribution in [3.05, 3.63) is 0 Å². The average Bonchev–Trinajstić information content (AvgIpc) is 2.03. The molecule has 0 saturated heterocycles. The van der Waals surface area contributed by atoms with E-state index in [1.165, 1.54) is 12.8 Å². The molecule has 1 rings (SSSR count). The van der Waals surface area contributed by atoms with Gasteiger partial charge in [0.05, 0.1) is 6.07 Å². The zero-order chi connectivity index (χ0) is 9.19. The van der Waals surface area contributed by atoms with Crippen molar-refractivity contribution < 1.29 is 0 Å². The van der Waals surface area contributed by atoms with Crippen LogP contribution in [0.5, 0.6) is 0 Å². The molecule has 0 N–H and O–H groups in total. The Morgan fingerprint density at radius 2 is 1.92 bits per heavy atom. The maximum atomic E-state index is 8.82. The second kappa shape index (κ2) is 3.47. The highest BCUT2D eigenvalue weighted by Gasteiger charge is 2.30. The minimum Gasteiger partial charge on any atom is -0.198 e. The summed E-state index contributed by atoms with van der Waals surface area (Å²) in [6, 6.07) is 2.41. The molecule has 68 valence electrons. The third kappa shape index (κ3) is 2.24. The second-order valence-electron chi connectivity index (χ2n) is 5.06. The molecule has 0 radical (unpaired) electrons. The van der Waals surface area contributed by atoms with Crippen molar-refractivity contribution in [1.82, 2.24) is 0 Å². The molecule has 1 fully saturated rings. The Morgan fingerprint density at radius 1 is 1.25 bits per heavy atom. The van der Waals surface area contributed by atoms with Gasteiger partial charge in [-0.2, -0.15) is 5.26 Å². The van der Waals surface area contributed by atoms with Gasteiger partial charge in [-0.05, 0) is 30.6 Å². The molecule has 0 aromatic heterocycles. The predicted octanol–water partition coefficient (Wildman–Crippen LogP) is 3.36. The van der Waals surface area contributed by atoms with Crippen LogP contribution in [0.2, 0.25) is 0 Å². The van der Waals surface area contributed by atoms with Gasteiger partial charge in [-0.25, -0.2) is 0 Å². The minimum absolute atomic E-state index is 0.336. The van der Waals surface area contributed by atoms with Gasteiger partial charge < -0.3 is 0 Å². The van der Waals surface area contributed by atoms with E-state index in [4.69, 9.17) is 5.26 Å². The van der Waals surface area contributed by atoms with Crippen LogP contribution in [0.4, 0.5) is 0 Å². The van der Waals surface area contributed by atoms with Crippen LogP contribution in [-0.2, 0) is 0 Å². The fraction of sp³-hybridized carbons (Fsp3) is 0.909. The summed E-state index contributed by atoms with van der Waals surface area (Å²) in [5.74, 6) is 1.10. The molecule has 1 heteroatoms. The van der Waals surface area contributed by atoms with Crippen LogP contribution in [-0.4, -0.2) is 0 Å². The fourth-order valence-electron chi connectivity index (χ4n) is 2.09. The summed E-state index contributed by atoms with van der Waals surface area (Å²) < 4.78 is 0. The lowest BCUT2D eigenvalue weighted by molar-refractivity contribution is 0.159. The quantitative estimate of drug-likeness (QED) is 0.540. The lowest BCUT2D eigenvalue weighted by atomic mass is 9.69. The highest BCUT2D eigenvalue weighted by Crippen LogP contribution is 2.39. The Bertz CT molecular complexity index is 182. The summed E-state index contributed by atoms with van der Waals surface area (Å²) in [6.45, 7) is 6.87. The van der Waals surface area contributed by atoms with Crippen molar-refractivity contribution in [2.45, 2.75) is 46.5 Å². The Labute approximate surface area is 75.8 Å². The highest BCUT2D eigenvalue weighted by molar-refractivity contribution is 4.90. The van der Waals surface area contributed by atoms with Crippen LogP contribution in [0, 0.1) is 28.6 Å². The number of hydrogen-bond donors (Lipinski definition) is 0. The van der Waals surface area contributed by atoms with Crippen molar-refractivity contribution in [3.63, 3.8) is 0 Å². The van der Waals surface area contributed by atoms with E-state index >= 15 is 0 Å². The number of nitrogens with zero attached hydrogens (tertiary/aromatic N) is 1.